The van der Waals surface area contributed by atoms with Crippen LogP contribution in [0.1, 0.15) is 33.3 Å². The van der Waals surface area contributed by atoms with Gasteiger partial charge in [0, 0.05) is 28.0 Å². The van der Waals surface area contributed by atoms with Gasteiger partial charge in [-0.15, -0.1) is 11.3 Å². The minimum Gasteiger partial charge on any atom is -0.357 e. The largest absolute Gasteiger partial charge is 0.357 e. The van der Waals surface area contributed by atoms with Crippen LogP contribution in [0.3, 0.4) is 0 Å². The molecule has 4 rings (SSSR count). The third-order valence-electron chi connectivity index (χ3n) is 4.22. The Morgan fingerprint density at radius 3 is 2.95 bits per heavy atom. The quantitative estimate of drug-likeness (QED) is 0.691. The van der Waals surface area contributed by atoms with Crippen LogP contribution in [0.2, 0.25) is 0 Å². The molecule has 1 unspecified atom stereocenters. The third kappa shape index (κ3) is 1.74. The summed E-state index contributed by atoms with van der Waals surface area (Å²) in [5.41, 5.74) is 6.88. The Morgan fingerprint density at radius 1 is 1.25 bits per heavy atom. The summed E-state index contributed by atoms with van der Waals surface area (Å²) in [6, 6.07) is 9.24. The molecule has 0 fully saturated rings. The lowest BCUT2D eigenvalue weighted by molar-refractivity contribution is 0.567. The van der Waals surface area contributed by atoms with E-state index in [2.05, 4.69) is 53.8 Å². The van der Waals surface area contributed by atoms with Crippen molar-refractivity contribution in [2.75, 3.05) is 6.54 Å². The molecule has 0 radical (unpaired) electrons. The minimum atomic E-state index is 0.325. The lowest BCUT2D eigenvalue weighted by Crippen LogP contribution is -2.29. The van der Waals surface area contributed by atoms with E-state index >= 15 is 0 Å². The van der Waals surface area contributed by atoms with Gasteiger partial charge < -0.3 is 10.3 Å². The van der Waals surface area contributed by atoms with Crippen LogP contribution >= 0.6 is 11.3 Å². The summed E-state index contributed by atoms with van der Waals surface area (Å²) in [5.74, 6) is 0. The van der Waals surface area contributed by atoms with Crippen molar-refractivity contribution in [1.82, 2.24) is 10.3 Å². The molecule has 2 nitrogen and oxygen atoms in total. The number of thiophene rings is 1. The zero-order valence-electron chi connectivity index (χ0n) is 11.8. The van der Waals surface area contributed by atoms with E-state index in [0.29, 0.717) is 6.04 Å². The number of benzene rings is 1. The van der Waals surface area contributed by atoms with E-state index in [1.54, 1.807) is 0 Å². The molecule has 102 valence electrons. The SMILES string of the molecule is Cc1cc(C)c2c3c([nH]c2c1)C(c1cccs1)NCC3. The zero-order chi connectivity index (χ0) is 13.7. The maximum Gasteiger partial charge on any atom is 0.0826 e. The van der Waals surface area contributed by atoms with Gasteiger partial charge in [0.25, 0.3) is 0 Å². The molecule has 0 bridgehead atoms. The van der Waals surface area contributed by atoms with E-state index in [0.717, 1.165) is 13.0 Å². The highest BCUT2D eigenvalue weighted by Crippen LogP contribution is 2.36. The predicted molar refractivity (Wildman–Crippen MR) is 85.6 cm³/mol. The summed E-state index contributed by atoms with van der Waals surface area (Å²) in [6.07, 6.45) is 1.11. The molecule has 2 N–H and O–H groups in total. The Hall–Kier alpha value is -1.58. The molecule has 3 heterocycles. The number of aryl methyl sites for hydroxylation is 2. The molecule has 1 atom stereocenters. The van der Waals surface area contributed by atoms with Crippen molar-refractivity contribution >= 4 is 22.2 Å². The molecule has 0 aliphatic carbocycles. The molecule has 3 aromatic rings. The standard InChI is InChI=1S/C17H18N2S/c1-10-8-11(2)15-12-5-6-18-17(14-4-3-7-20-14)16(12)19-13(15)9-10/h3-4,7-9,17-19H,5-6H2,1-2H3. The number of aromatic amines is 1. The summed E-state index contributed by atoms with van der Waals surface area (Å²) in [6.45, 7) is 5.45. The first-order valence-electron chi connectivity index (χ1n) is 7.12. The van der Waals surface area contributed by atoms with E-state index in [-0.39, 0.29) is 0 Å². The fourth-order valence-electron chi connectivity index (χ4n) is 3.47. The van der Waals surface area contributed by atoms with Crippen LogP contribution in [0.4, 0.5) is 0 Å². The summed E-state index contributed by atoms with van der Waals surface area (Å²) < 4.78 is 0. The van der Waals surface area contributed by atoms with E-state index in [1.165, 1.54) is 38.2 Å². The molecular weight excluding hydrogens is 264 g/mol. The molecular formula is C17H18N2S. The van der Waals surface area contributed by atoms with Crippen molar-refractivity contribution in [1.29, 1.82) is 0 Å². The predicted octanol–water partition coefficient (Wildman–Crippen LogP) is 4.08. The minimum absolute atomic E-state index is 0.325. The van der Waals surface area contributed by atoms with Gasteiger partial charge in [-0.2, -0.15) is 0 Å². The molecule has 0 amide bonds. The first-order valence-corrected chi connectivity index (χ1v) is 8.00. The van der Waals surface area contributed by atoms with E-state index in [9.17, 15) is 0 Å². The van der Waals surface area contributed by atoms with Crippen LogP contribution in [0.15, 0.2) is 29.6 Å². The molecule has 0 saturated carbocycles. The summed E-state index contributed by atoms with van der Waals surface area (Å²) in [4.78, 5) is 5.08. The Bertz CT molecular complexity index is 768. The van der Waals surface area contributed by atoms with Gasteiger partial charge in [0.1, 0.15) is 0 Å². The van der Waals surface area contributed by atoms with Crippen LogP contribution < -0.4 is 5.32 Å². The molecule has 1 aliphatic heterocycles. The van der Waals surface area contributed by atoms with Crippen LogP contribution in [0, 0.1) is 13.8 Å². The van der Waals surface area contributed by atoms with E-state index in [4.69, 9.17) is 0 Å². The van der Waals surface area contributed by atoms with Gasteiger partial charge in [-0.1, -0.05) is 12.1 Å². The van der Waals surface area contributed by atoms with Crippen LogP contribution in [0.25, 0.3) is 10.9 Å². The van der Waals surface area contributed by atoms with Crippen molar-refractivity contribution in [3.05, 3.63) is 56.9 Å². The number of H-pyrrole nitrogens is 1. The fourth-order valence-corrected chi connectivity index (χ4v) is 4.28. The highest BCUT2D eigenvalue weighted by molar-refractivity contribution is 7.10. The monoisotopic (exact) mass is 282 g/mol. The van der Waals surface area contributed by atoms with Crippen molar-refractivity contribution in [3.63, 3.8) is 0 Å². The molecule has 2 aromatic heterocycles. The average molecular weight is 282 g/mol. The second-order valence-electron chi connectivity index (χ2n) is 5.67. The highest BCUT2D eigenvalue weighted by atomic mass is 32.1. The van der Waals surface area contributed by atoms with Gasteiger partial charge in [-0.25, -0.2) is 0 Å². The lowest BCUT2D eigenvalue weighted by Gasteiger charge is -2.23. The normalized spacial score (nSPS) is 18.4. The van der Waals surface area contributed by atoms with Crippen molar-refractivity contribution in [2.24, 2.45) is 0 Å². The van der Waals surface area contributed by atoms with Crippen LogP contribution in [-0.4, -0.2) is 11.5 Å². The fraction of sp³-hybridized carbons (Fsp3) is 0.294. The number of hydrogen-bond donors (Lipinski definition) is 2. The number of rotatable bonds is 1. The summed E-state index contributed by atoms with van der Waals surface area (Å²) in [5, 5.41) is 7.25. The second kappa shape index (κ2) is 4.47. The second-order valence-corrected chi connectivity index (χ2v) is 6.65. The average Bonchev–Trinajstić information content (AvgIpc) is 3.04. The molecule has 0 saturated heterocycles. The first kappa shape index (κ1) is 12.2. The Morgan fingerprint density at radius 2 is 2.15 bits per heavy atom. The number of nitrogens with one attached hydrogen (secondary N) is 2. The number of fused-ring (bicyclic) bond motifs is 3. The van der Waals surface area contributed by atoms with Crippen molar-refractivity contribution < 1.29 is 0 Å². The van der Waals surface area contributed by atoms with Crippen molar-refractivity contribution in [3.8, 4) is 0 Å². The number of aromatic nitrogens is 1. The van der Waals surface area contributed by atoms with Gasteiger partial charge in [0.2, 0.25) is 0 Å². The highest BCUT2D eigenvalue weighted by Gasteiger charge is 2.26. The molecule has 0 spiro atoms. The van der Waals surface area contributed by atoms with E-state index in [1.807, 2.05) is 11.3 Å². The number of hydrogen-bond acceptors (Lipinski definition) is 2. The van der Waals surface area contributed by atoms with Gasteiger partial charge in [-0.05, 0) is 54.5 Å². The molecule has 20 heavy (non-hydrogen) atoms. The van der Waals surface area contributed by atoms with Gasteiger partial charge in [-0.3, -0.25) is 0 Å². The Kier molecular flexibility index (Phi) is 2.72. The van der Waals surface area contributed by atoms with Crippen LogP contribution in [-0.2, 0) is 6.42 Å². The smallest absolute Gasteiger partial charge is 0.0826 e. The third-order valence-corrected chi connectivity index (χ3v) is 5.15. The van der Waals surface area contributed by atoms with Gasteiger partial charge in [0.15, 0.2) is 0 Å². The first-order chi connectivity index (χ1) is 9.74. The van der Waals surface area contributed by atoms with Crippen molar-refractivity contribution in [2.45, 2.75) is 26.3 Å². The van der Waals surface area contributed by atoms with E-state index < -0.39 is 0 Å². The zero-order valence-corrected chi connectivity index (χ0v) is 12.6. The summed E-state index contributed by atoms with van der Waals surface area (Å²) >= 11 is 1.83. The van der Waals surface area contributed by atoms with Gasteiger partial charge in [0.05, 0.1) is 6.04 Å². The molecule has 1 aromatic carbocycles. The molecule has 3 heteroatoms. The van der Waals surface area contributed by atoms with Crippen LogP contribution in [0.5, 0.6) is 0 Å². The maximum absolute atomic E-state index is 3.68. The van der Waals surface area contributed by atoms with Gasteiger partial charge >= 0.3 is 0 Å². The summed E-state index contributed by atoms with van der Waals surface area (Å²) in [7, 11) is 0. The molecule has 1 aliphatic rings. The maximum atomic E-state index is 3.68. The lowest BCUT2D eigenvalue weighted by atomic mass is 9.96. The Labute approximate surface area is 122 Å². The Balaban J connectivity index is 1.97. The topological polar surface area (TPSA) is 27.8 Å².